The summed E-state index contributed by atoms with van der Waals surface area (Å²) in [6, 6.07) is 3.46. The molecule has 21 heavy (non-hydrogen) atoms. The summed E-state index contributed by atoms with van der Waals surface area (Å²) in [4.78, 5) is 20.0. The monoisotopic (exact) mass is 403 g/mol. The van der Waals surface area contributed by atoms with Crippen LogP contribution in [0.15, 0.2) is 42.2 Å². The minimum absolute atomic E-state index is 0. The van der Waals surface area contributed by atoms with Crippen LogP contribution < -0.4 is 16.0 Å². The van der Waals surface area contributed by atoms with Gasteiger partial charge in [0.25, 0.3) is 5.91 Å². The van der Waals surface area contributed by atoms with Crippen LogP contribution in [0.5, 0.6) is 0 Å². The van der Waals surface area contributed by atoms with Crippen LogP contribution in [0.3, 0.4) is 0 Å². The normalized spacial score (nSPS) is 10.2. The number of halogens is 1. The summed E-state index contributed by atoms with van der Waals surface area (Å²) < 4.78 is 0. The van der Waals surface area contributed by atoms with Crippen LogP contribution in [0.2, 0.25) is 0 Å². The Labute approximate surface area is 142 Å². The first-order chi connectivity index (χ1) is 9.77. The van der Waals surface area contributed by atoms with Crippen LogP contribution in [-0.4, -0.2) is 43.0 Å². The predicted octanol–water partition coefficient (Wildman–Crippen LogP) is 1.17. The number of carbonyl (C=O) groups is 1. The fourth-order valence-electron chi connectivity index (χ4n) is 1.45. The largest absolute Gasteiger partial charge is 0.357 e. The van der Waals surface area contributed by atoms with E-state index in [1.54, 1.807) is 24.4 Å². The molecule has 0 radical (unpaired) electrons. The van der Waals surface area contributed by atoms with E-state index in [0.717, 1.165) is 6.54 Å². The number of hydrogen-bond donors (Lipinski definition) is 3. The lowest BCUT2D eigenvalue weighted by molar-refractivity contribution is 0.0954. The van der Waals surface area contributed by atoms with Gasteiger partial charge in [-0.25, -0.2) is 0 Å². The Bertz CT molecular complexity index is 450. The highest BCUT2D eigenvalue weighted by Crippen LogP contribution is 1.94. The number of guanidine groups is 1. The van der Waals surface area contributed by atoms with Crippen LogP contribution >= 0.6 is 24.0 Å². The summed E-state index contributed by atoms with van der Waals surface area (Å²) in [6.07, 6.45) is 4.93. The lowest BCUT2D eigenvalue weighted by atomic mass is 10.3. The molecule has 6 nitrogen and oxygen atoms in total. The summed E-state index contributed by atoms with van der Waals surface area (Å²) in [5.74, 6) is 0.570. The maximum atomic E-state index is 11.7. The number of nitrogens with zero attached hydrogens (tertiary/aromatic N) is 2. The van der Waals surface area contributed by atoms with E-state index in [2.05, 4.69) is 32.5 Å². The molecule has 0 bridgehead atoms. The molecule has 1 amide bonds. The van der Waals surface area contributed by atoms with Gasteiger partial charge in [0.15, 0.2) is 5.96 Å². The van der Waals surface area contributed by atoms with Crippen LogP contribution in [0, 0.1) is 0 Å². The zero-order valence-electron chi connectivity index (χ0n) is 12.1. The van der Waals surface area contributed by atoms with E-state index in [1.165, 1.54) is 6.20 Å². The van der Waals surface area contributed by atoms with Gasteiger partial charge in [0, 0.05) is 32.0 Å². The average molecular weight is 403 g/mol. The number of hydrogen-bond acceptors (Lipinski definition) is 3. The first-order valence-corrected chi connectivity index (χ1v) is 6.59. The van der Waals surface area contributed by atoms with Crippen molar-refractivity contribution in [3.63, 3.8) is 0 Å². The lowest BCUT2D eigenvalue weighted by Gasteiger charge is -2.09. The molecule has 116 valence electrons. The number of pyridine rings is 1. The quantitative estimate of drug-likeness (QED) is 0.210. The van der Waals surface area contributed by atoms with Gasteiger partial charge >= 0.3 is 0 Å². The topological polar surface area (TPSA) is 78.4 Å². The van der Waals surface area contributed by atoms with Crippen molar-refractivity contribution in [3.05, 3.63) is 42.7 Å². The van der Waals surface area contributed by atoms with Crippen molar-refractivity contribution in [2.24, 2.45) is 4.99 Å². The molecule has 0 saturated carbocycles. The van der Waals surface area contributed by atoms with Gasteiger partial charge in [-0.15, -0.1) is 30.6 Å². The van der Waals surface area contributed by atoms with Crippen LogP contribution in [-0.2, 0) is 0 Å². The molecule has 7 heteroatoms. The van der Waals surface area contributed by atoms with Crippen molar-refractivity contribution in [1.29, 1.82) is 0 Å². The second-order valence-corrected chi connectivity index (χ2v) is 3.93. The molecule has 1 aromatic rings. The van der Waals surface area contributed by atoms with Crippen LogP contribution in [0.25, 0.3) is 0 Å². The molecule has 0 aromatic carbocycles. The van der Waals surface area contributed by atoms with Crippen molar-refractivity contribution in [2.75, 3.05) is 26.2 Å². The Hall–Kier alpha value is -1.64. The first kappa shape index (κ1) is 19.4. The van der Waals surface area contributed by atoms with E-state index in [-0.39, 0.29) is 29.9 Å². The molecular weight excluding hydrogens is 381 g/mol. The zero-order chi connectivity index (χ0) is 14.6. The number of amides is 1. The van der Waals surface area contributed by atoms with Gasteiger partial charge in [0.1, 0.15) is 0 Å². The SMILES string of the molecule is C=CCNC(=NCCNC(=O)c1cccnc1)NCC.I. The Morgan fingerprint density at radius 2 is 2.24 bits per heavy atom. The average Bonchev–Trinajstić information content (AvgIpc) is 2.49. The summed E-state index contributed by atoms with van der Waals surface area (Å²) >= 11 is 0. The molecule has 0 spiro atoms. The van der Waals surface area contributed by atoms with E-state index in [1.807, 2.05) is 6.92 Å². The summed E-state index contributed by atoms with van der Waals surface area (Å²) in [5.41, 5.74) is 0.549. The van der Waals surface area contributed by atoms with E-state index in [0.29, 0.717) is 31.2 Å². The summed E-state index contributed by atoms with van der Waals surface area (Å²) in [5, 5.41) is 8.98. The Balaban J connectivity index is 0.00000400. The Morgan fingerprint density at radius 1 is 1.43 bits per heavy atom. The van der Waals surface area contributed by atoms with Crippen LogP contribution in [0.1, 0.15) is 17.3 Å². The number of carbonyl (C=O) groups excluding carboxylic acids is 1. The molecule has 0 saturated heterocycles. The minimum atomic E-state index is -0.141. The molecule has 1 heterocycles. The second-order valence-electron chi connectivity index (χ2n) is 3.93. The Kier molecular flexibility index (Phi) is 11.2. The van der Waals surface area contributed by atoms with Crippen molar-refractivity contribution in [2.45, 2.75) is 6.92 Å². The standard InChI is InChI=1S/C14H21N5O.HI/c1-3-7-18-14(16-4-2)19-10-9-17-13(20)12-6-5-8-15-11-12;/h3,5-6,8,11H,1,4,7,9-10H2,2H3,(H,17,20)(H2,16,18,19);1H. The fourth-order valence-corrected chi connectivity index (χ4v) is 1.45. The van der Waals surface area contributed by atoms with E-state index >= 15 is 0 Å². The lowest BCUT2D eigenvalue weighted by Crippen LogP contribution is -2.38. The highest BCUT2D eigenvalue weighted by molar-refractivity contribution is 14.0. The molecular formula is C14H22IN5O. The minimum Gasteiger partial charge on any atom is -0.357 e. The molecule has 0 aliphatic carbocycles. The van der Waals surface area contributed by atoms with Gasteiger partial charge in [-0.3, -0.25) is 14.8 Å². The fraction of sp³-hybridized carbons (Fsp3) is 0.357. The van der Waals surface area contributed by atoms with Gasteiger partial charge in [-0.05, 0) is 19.1 Å². The van der Waals surface area contributed by atoms with Gasteiger partial charge in [0.2, 0.25) is 0 Å². The van der Waals surface area contributed by atoms with E-state index in [9.17, 15) is 4.79 Å². The van der Waals surface area contributed by atoms with Crippen molar-refractivity contribution < 1.29 is 4.79 Å². The third kappa shape index (κ3) is 8.28. The van der Waals surface area contributed by atoms with E-state index in [4.69, 9.17) is 0 Å². The molecule has 1 aromatic heterocycles. The number of rotatable bonds is 7. The maximum absolute atomic E-state index is 11.7. The third-order valence-electron chi connectivity index (χ3n) is 2.35. The van der Waals surface area contributed by atoms with Gasteiger partial charge in [-0.1, -0.05) is 6.08 Å². The molecule has 0 atom stereocenters. The summed E-state index contributed by atoms with van der Waals surface area (Å²) in [7, 11) is 0. The first-order valence-electron chi connectivity index (χ1n) is 6.59. The molecule has 3 N–H and O–H groups in total. The van der Waals surface area contributed by atoms with Crippen molar-refractivity contribution >= 4 is 35.8 Å². The third-order valence-corrected chi connectivity index (χ3v) is 2.35. The molecule has 1 rings (SSSR count). The Morgan fingerprint density at radius 3 is 2.86 bits per heavy atom. The molecule has 0 unspecified atom stereocenters. The summed E-state index contributed by atoms with van der Waals surface area (Å²) in [6.45, 7) is 8.03. The van der Waals surface area contributed by atoms with Gasteiger partial charge in [-0.2, -0.15) is 0 Å². The van der Waals surface area contributed by atoms with Gasteiger partial charge < -0.3 is 16.0 Å². The van der Waals surface area contributed by atoms with Crippen molar-refractivity contribution in [1.82, 2.24) is 20.9 Å². The number of aromatic nitrogens is 1. The smallest absolute Gasteiger partial charge is 0.252 e. The number of nitrogens with one attached hydrogen (secondary N) is 3. The molecule has 0 aliphatic rings. The zero-order valence-corrected chi connectivity index (χ0v) is 14.5. The van der Waals surface area contributed by atoms with Gasteiger partial charge in [0.05, 0.1) is 12.1 Å². The maximum Gasteiger partial charge on any atom is 0.252 e. The van der Waals surface area contributed by atoms with E-state index < -0.39 is 0 Å². The number of aliphatic imine (C=N–C) groups is 1. The molecule has 0 aliphatic heterocycles. The van der Waals surface area contributed by atoms with Crippen LogP contribution in [0.4, 0.5) is 0 Å². The highest BCUT2D eigenvalue weighted by Gasteiger charge is 2.03. The predicted molar refractivity (Wildman–Crippen MR) is 96.2 cm³/mol. The molecule has 0 fully saturated rings. The second kappa shape index (κ2) is 12.1. The highest BCUT2D eigenvalue weighted by atomic mass is 127. The van der Waals surface area contributed by atoms with Crippen molar-refractivity contribution in [3.8, 4) is 0 Å².